The smallest absolute Gasteiger partial charge is 0.240 e. The second-order valence-electron chi connectivity index (χ2n) is 5.63. The Kier molecular flexibility index (Phi) is 7.44. The van der Waals surface area contributed by atoms with Gasteiger partial charge in [-0.25, -0.2) is 8.42 Å². The van der Waals surface area contributed by atoms with E-state index in [1.807, 2.05) is 30.3 Å². The normalized spacial score (nSPS) is 11.2. The van der Waals surface area contributed by atoms with Gasteiger partial charge in [0.05, 0.1) is 25.2 Å². The first kappa shape index (κ1) is 20.2. The van der Waals surface area contributed by atoms with Crippen LogP contribution >= 0.6 is 11.6 Å². The SMILES string of the molecule is CS(=O)(=O)N(CC(=O)NCCOCc1ccccc1)c1ccc(Cl)cc1. The molecule has 140 valence electrons. The quantitative estimate of drug-likeness (QED) is 0.660. The molecule has 2 aromatic carbocycles. The molecule has 0 aliphatic rings. The van der Waals surface area contributed by atoms with Crippen molar-refractivity contribution in [2.75, 3.05) is 30.3 Å². The van der Waals surface area contributed by atoms with Crippen LogP contribution in [-0.2, 0) is 26.2 Å². The summed E-state index contributed by atoms with van der Waals surface area (Å²) in [6.07, 6.45) is 1.05. The molecule has 0 aromatic heterocycles. The minimum absolute atomic E-state index is 0.296. The maximum atomic E-state index is 12.1. The molecule has 1 amide bonds. The molecule has 0 spiro atoms. The lowest BCUT2D eigenvalue weighted by Crippen LogP contribution is -2.41. The van der Waals surface area contributed by atoms with Crippen molar-refractivity contribution in [3.63, 3.8) is 0 Å². The van der Waals surface area contributed by atoms with Gasteiger partial charge in [0.1, 0.15) is 6.54 Å². The van der Waals surface area contributed by atoms with Crippen LogP contribution in [-0.4, -0.2) is 40.3 Å². The zero-order valence-electron chi connectivity index (χ0n) is 14.4. The summed E-state index contributed by atoms with van der Waals surface area (Å²) in [5.74, 6) is -0.409. The van der Waals surface area contributed by atoms with Gasteiger partial charge >= 0.3 is 0 Å². The van der Waals surface area contributed by atoms with Crippen LogP contribution in [0.2, 0.25) is 5.02 Å². The summed E-state index contributed by atoms with van der Waals surface area (Å²) in [6, 6.07) is 15.9. The molecule has 2 aromatic rings. The summed E-state index contributed by atoms with van der Waals surface area (Å²) in [5, 5.41) is 3.14. The maximum absolute atomic E-state index is 12.1. The van der Waals surface area contributed by atoms with Crippen LogP contribution in [0.5, 0.6) is 0 Å². The molecule has 0 heterocycles. The molecule has 26 heavy (non-hydrogen) atoms. The molecule has 0 atom stereocenters. The largest absolute Gasteiger partial charge is 0.375 e. The van der Waals surface area contributed by atoms with Crippen molar-refractivity contribution in [3.8, 4) is 0 Å². The number of benzene rings is 2. The number of carbonyl (C=O) groups excluding carboxylic acids is 1. The van der Waals surface area contributed by atoms with Crippen LogP contribution < -0.4 is 9.62 Å². The summed E-state index contributed by atoms with van der Waals surface area (Å²) >= 11 is 5.82. The van der Waals surface area contributed by atoms with Crippen molar-refractivity contribution in [2.45, 2.75) is 6.61 Å². The molecule has 1 N–H and O–H groups in total. The van der Waals surface area contributed by atoms with Gasteiger partial charge in [0.2, 0.25) is 15.9 Å². The van der Waals surface area contributed by atoms with Crippen molar-refractivity contribution in [3.05, 3.63) is 65.2 Å². The van der Waals surface area contributed by atoms with E-state index < -0.39 is 15.9 Å². The van der Waals surface area contributed by atoms with Crippen LogP contribution in [0.1, 0.15) is 5.56 Å². The fourth-order valence-electron chi connectivity index (χ4n) is 2.22. The van der Waals surface area contributed by atoms with E-state index in [4.69, 9.17) is 16.3 Å². The number of halogens is 1. The Bertz CT molecular complexity index is 811. The van der Waals surface area contributed by atoms with Gasteiger partial charge in [0, 0.05) is 11.6 Å². The van der Waals surface area contributed by atoms with Crippen molar-refractivity contribution < 1.29 is 17.9 Å². The lowest BCUT2D eigenvalue weighted by atomic mass is 10.2. The third kappa shape index (κ3) is 6.67. The van der Waals surface area contributed by atoms with Gasteiger partial charge in [0.25, 0.3) is 0 Å². The summed E-state index contributed by atoms with van der Waals surface area (Å²) in [6.45, 7) is 0.778. The van der Waals surface area contributed by atoms with Gasteiger partial charge in [0.15, 0.2) is 0 Å². The zero-order chi connectivity index (χ0) is 19.0. The molecule has 0 fully saturated rings. The number of ether oxygens (including phenoxy) is 1. The Morgan fingerprint density at radius 2 is 1.77 bits per heavy atom. The average Bonchev–Trinajstić information content (AvgIpc) is 2.60. The Labute approximate surface area is 158 Å². The summed E-state index contributed by atoms with van der Waals surface area (Å²) in [4.78, 5) is 12.1. The number of rotatable bonds is 9. The fraction of sp³-hybridized carbons (Fsp3) is 0.278. The van der Waals surface area contributed by atoms with Crippen molar-refractivity contribution >= 4 is 33.2 Å². The first-order valence-corrected chi connectivity index (χ1v) is 10.2. The highest BCUT2D eigenvalue weighted by Gasteiger charge is 2.20. The third-order valence-corrected chi connectivity index (χ3v) is 4.87. The van der Waals surface area contributed by atoms with Crippen LogP contribution in [0.25, 0.3) is 0 Å². The van der Waals surface area contributed by atoms with Gasteiger partial charge in [-0.1, -0.05) is 41.9 Å². The van der Waals surface area contributed by atoms with E-state index in [0.29, 0.717) is 30.5 Å². The number of nitrogens with zero attached hydrogens (tertiary/aromatic N) is 1. The highest BCUT2D eigenvalue weighted by Crippen LogP contribution is 2.20. The fourth-order valence-corrected chi connectivity index (χ4v) is 3.20. The standard InChI is InChI=1S/C18H21ClN2O4S/c1-26(23,24)21(17-9-7-16(19)8-10-17)13-18(22)20-11-12-25-14-15-5-3-2-4-6-15/h2-10H,11-14H2,1H3,(H,20,22). The van der Waals surface area contributed by atoms with E-state index in [1.54, 1.807) is 24.3 Å². The monoisotopic (exact) mass is 396 g/mol. The zero-order valence-corrected chi connectivity index (χ0v) is 16.0. The molecule has 0 saturated carbocycles. The predicted molar refractivity (Wildman–Crippen MR) is 103 cm³/mol. The second kappa shape index (κ2) is 9.56. The first-order valence-electron chi connectivity index (χ1n) is 7.98. The average molecular weight is 397 g/mol. The minimum atomic E-state index is -3.60. The lowest BCUT2D eigenvalue weighted by molar-refractivity contribution is -0.119. The van der Waals surface area contributed by atoms with Crippen LogP contribution in [0.4, 0.5) is 5.69 Å². The number of amides is 1. The van der Waals surface area contributed by atoms with Gasteiger partial charge in [-0.2, -0.15) is 0 Å². The van der Waals surface area contributed by atoms with Crippen LogP contribution in [0, 0.1) is 0 Å². The Morgan fingerprint density at radius 3 is 2.38 bits per heavy atom. The number of sulfonamides is 1. The second-order valence-corrected chi connectivity index (χ2v) is 7.98. The Balaban J connectivity index is 1.81. The molecule has 0 aliphatic carbocycles. The van der Waals surface area contributed by atoms with Crippen LogP contribution in [0.15, 0.2) is 54.6 Å². The van der Waals surface area contributed by atoms with Gasteiger partial charge in [-0.15, -0.1) is 0 Å². The molecule has 2 rings (SSSR count). The van der Waals surface area contributed by atoms with E-state index in [2.05, 4.69) is 5.32 Å². The lowest BCUT2D eigenvalue weighted by Gasteiger charge is -2.21. The molecular formula is C18H21ClN2O4S. The molecule has 0 unspecified atom stereocenters. The summed E-state index contributed by atoms with van der Waals surface area (Å²) in [5.41, 5.74) is 1.43. The minimum Gasteiger partial charge on any atom is -0.375 e. The summed E-state index contributed by atoms with van der Waals surface area (Å²) in [7, 11) is -3.60. The first-order chi connectivity index (χ1) is 12.4. The predicted octanol–water partition coefficient (Wildman–Crippen LogP) is 2.44. The van der Waals surface area contributed by atoms with E-state index >= 15 is 0 Å². The molecular weight excluding hydrogens is 376 g/mol. The topological polar surface area (TPSA) is 75.7 Å². The van der Waals surface area contributed by atoms with E-state index in [-0.39, 0.29) is 6.54 Å². The number of hydrogen-bond donors (Lipinski definition) is 1. The highest BCUT2D eigenvalue weighted by atomic mass is 35.5. The van der Waals surface area contributed by atoms with Crippen molar-refractivity contribution in [1.29, 1.82) is 0 Å². The summed E-state index contributed by atoms with van der Waals surface area (Å²) < 4.78 is 30.5. The Hall–Kier alpha value is -2.09. The Morgan fingerprint density at radius 1 is 1.12 bits per heavy atom. The van der Waals surface area contributed by atoms with E-state index in [0.717, 1.165) is 16.1 Å². The molecule has 8 heteroatoms. The highest BCUT2D eigenvalue weighted by molar-refractivity contribution is 7.92. The number of hydrogen-bond acceptors (Lipinski definition) is 4. The van der Waals surface area contributed by atoms with Gasteiger partial charge in [-0.05, 0) is 29.8 Å². The van der Waals surface area contributed by atoms with Gasteiger partial charge < -0.3 is 10.1 Å². The number of nitrogens with one attached hydrogen (secondary N) is 1. The van der Waals surface area contributed by atoms with Crippen LogP contribution in [0.3, 0.4) is 0 Å². The van der Waals surface area contributed by atoms with Crippen molar-refractivity contribution in [2.24, 2.45) is 0 Å². The maximum Gasteiger partial charge on any atom is 0.240 e. The third-order valence-electron chi connectivity index (χ3n) is 3.48. The molecule has 0 radical (unpaired) electrons. The molecule has 0 aliphatic heterocycles. The van der Waals surface area contributed by atoms with E-state index in [1.165, 1.54) is 0 Å². The van der Waals surface area contributed by atoms with Gasteiger partial charge in [-0.3, -0.25) is 9.10 Å². The number of carbonyl (C=O) groups is 1. The number of anilines is 1. The molecule has 0 saturated heterocycles. The molecule has 6 nitrogen and oxygen atoms in total. The molecule has 0 bridgehead atoms. The van der Waals surface area contributed by atoms with E-state index in [9.17, 15) is 13.2 Å². The van der Waals surface area contributed by atoms with Crippen molar-refractivity contribution in [1.82, 2.24) is 5.32 Å².